The molecular formula is C13H19N3O2. The van der Waals surface area contributed by atoms with Crippen LogP contribution in [-0.4, -0.2) is 25.2 Å². The van der Waals surface area contributed by atoms with Crippen molar-refractivity contribution in [2.75, 3.05) is 24.3 Å². The van der Waals surface area contributed by atoms with Crippen LogP contribution in [0.15, 0.2) is 18.2 Å². The first kappa shape index (κ1) is 12.7. The Bertz CT molecular complexity index is 442. The van der Waals surface area contributed by atoms with E-state index in [4.69, 9.17) is 16.2 Å². The molecule has 0 spiro atoms. The van der Waals surface area contributed by atoms with Gasteiger partial charge in [0.15, 0.2) is 0 Å². The van der Waals surface area contributed by atoms with Gasteiger partial charge in [-0.1, -0.05) is 6.07 Å². The molecule has 18 heavy (non-hydrogen) atoms. The molecule has 0 saturated carbocycles. The molecule has 0 aromatic heterocycles. The number of ether oxygens (including phenoxy) is 1. The van der Waals surface area contributed by atoms with Crippen LogP contribution in [0, 0.1) is 5.92 Å². The molecule has 1 aromatic rings. The fourth-order valence-electron chi connectivity index (χ4n) is 2.22. The van der Waals surface area contributed by atoms with Crippen LogP contribution >= 0.6 is 0 Å². The lowest BCUT2D eigenvalue weighted by molar-refractivity contribution is 0.100. The lowest BCUT2D eigenvalue weighted by atomic mass is 10.00. The summed E-state index contributed by atoms with van der Waals surface area (Å²) in [6.45, 7) is 3.67. The Balaban J connectivity index is 2.13. The number of nitrogens with two attached hydrogens (primary N) is 2. The van der Waals surface area contributed by atoms with E-state index >= 15 is 0 Å². The zero-order valence-electron chi connectivity index (χ0n) is 10.5. The van der Waals surface area contributed by atoms with Gasteiger partial charge in [-0.25, -0.2) is 0 Å². The number of amides is 1. The molecule has 1 aliphatic heterocycles. The summed E-state index contributed by atoms with van der Waals surface area (Å²) in [6.07, 6.45) is 1.05. The third kappa shape index (κ3) is 2.56. The summed E-state index contributed by atoms with van der Waals surface area (Å²) >= 11 is 0. The predicted molar refractivity (Wildman–Crippen MR) is 71.4 cm³/mol. The van der Waals surface area contributed by atoms with Crippen LogP contribution in [0.25, 0.3) is 0 Å². The highest BCUT2D eigenvalue weighted by atomic mass is 16.5. The van der Waals surface area contributed by atoms with Crippen molar-refractivity contribution in [3.8, 4) is 0 Å². The number of nitrogens with one attached hydrogen (secondary N) is 1. The van der Waals surface area contributed by atoms with Crippen molar-refractivity contribution in [2.45, 2.75) is 19.4 Å². The quantitative estimate of drug-likeness (QED) is 0.699. The Labute approximate surface area is 106 Å². The standard InChI is InChI=1S/C13H19N3O2/c1-8(9-5-6-18-7-9)16-11-4-2-3-10(12(11)14)13(15)17/h2-4,8-9,16H,5-7,14H2,1H3,(H2,15,17). The van der Waals surface area contributed by atoms with Crippen LogP contribution in [0.1, 0.15) is 23.7 Å². The monoisotopic (exact) mass is 249 g/mol. The Kier molecular flexibility index (Phi) is 3.72. The summed E-state index contributed by atoms with van der Waals surface area (Å²) in [5.74, 6) is -0.0327. The molecule has 5 nitrogen and oxygen atoms in total. The first-order valence-corrected chi connectivity index (χ1v) is 6.12. The summed E-state index contributed by atoms with van der Waals surface area (Å²) in [6, 6.07) is 5.51. The zero-order valence-corrected chi connectivity index (χ0v) is 10.5. The number of carbonyl (C=O) groups is 1. The summed E-state index contributed by atoms with van der Waals surface area (Å²) in [7, 11) is 0. The van der Waals surface area contributed by atoms with Crippen LogP contribution in [0.5, 0.6) is 0 Å². The highest BCUT2D eigenvalue weighted by Crippen LogP contribution is 2.26. The van der Waals surface area contributed by atoms with E-state index in [0.29, 0.717) is 17.2 Å². The van der Waals surface area contributed by atoms with Gasteiger partial charge in [-0.3, -0.25) is 4.79 Å². The lowest BCUT2D eigenvalue weighted by Crippen LogP contribution is -2.27. The van der Waals surface area contributed by atoms with E-state index in [2.05, 4.69) is 12.2 Å². The number of anilines is 2. The van der Waals surface area contributed by atoms with Gasteiger partial charge in [-0.05, 0) is 25.5 Å². The van der Waals surface area contributed by atoms with E-state index in [1.807, 2.05) is 6.07 Å². The molecule has 2 unspecified atom stereocenters. The summed E-state index contributed by atoms with van der Waals surface area (Å²) in [5.41, 5.74) is 12.7. The first-order valence-electron chi connectivity index (χ1n) is 6.12. The van der Waals surface area contributed by atoms with Crippen LogP contribution in [0.2, 0.25) is 0 Å². The van der Waals surface area contributed by atoms with E-state index in [9.17, 15) is 4.79 Å². The highest BCUT2D eigenvalue weighted by molar-refractivity contribution is 6.00. The van der Waals surface area contributed by atoms with Gasteiger partial charge in [0.25, 0.3) is 5.91 Å². The number of para-hydroxylation sites is 1. The molecule has 5 N–H and O–H groups in total. The molecular weight excluding hydrogens is 230 g/mol. The molecule has 1 saturated heterocycles. The molecule has 5 heteroatoms. The predicted octanol–water partition coefficient (Wildman–Crippen LogP) is 1.20. The number of benzene rings is 1. The van der Waals surface area contributed by atoms with E-state index < -0.39 is 5.91 Å². The van der Waals surface area contributed by atoms with E-state index in [1.165, 1.54) is 0 Å². The van der Waals surface area contributed by atoms with Crippen molar-refractivity contribution in [1.82, 2.24) is 0 Å². The molecule has 0 aliphatic carbocycles. The van der Waals surface area contributed by atoms with Gasteiger partial charge in [0.1, 0.15) is 0 Å². The number of hydrogen-bond acceptors (Lipinski definition) is 4. The van der Waals surface area contributed by atoms with E-state index in [1.54, 1.807) is 12.1 Å². The fourth-order valence-corrected chi connectivity index (χ4v) is 2.22. The van der Waals surface area contributed by atoms with Crippen molar-refractivity contribution in [3.63, 3.8) is 0 Å². The average Bonchev–Trinajstić information content (AvgIpc) is 2.85. The highest BCUT2D eigenvalue weighted by Gasteiger charge is 2.23. The number of rotatable bonds is 4. The SMILES string of the molecule is CC(Nc1cccc(C(N)=O)c1N)C1CCOC1. The minimum absolute atomic E-state index is 0.248. The number of nitrogen functional groups attached to an aromatic ring is 1. The topological polar surface area (TPSA) is 90.4 Å². The van der Waals surface area contributed by atoms with Crippen molar-refractivity contribution in [2.24, 2.45) is 11.7 Å². The van der Waals surface area contributed by atoms with E-state index in [0.717, 1.165) is 25.3 Å². The second-order valence-electron chi connectivity index (χ2n) is 4.69. The van der Waals surface area contributed by atoms with Crippen LogP contribution in [-0.2, 0) is 4.74 Å². The molecule has 1 amide bonds. The van der Waals surface area contributed by atoms with Crippen molar-refractivity contribution < 1.29 is 9.53 Å². The molecule has 2 atom stereocenters. The molecule has 2 rings (SSSR count). The normalized spacial score (nSPS) is 20.6. The third-order valence-corrected chi connectivity index (χ3v) is 3.43. The van der Waals surface area contributed by atoms with Crippen molar-refractivity contribution in [3.05, 3.63) is 23.8 Å². The average molecular weight is 249 g/mol. The third-order valence-electron chi connectivity index (χ3n) is 3.43. The van der Waals surface area contributed by atoms with Gasteiger partial charge in [-0.2, -0.15) is 0 Å². The Morgan fingerprint density at radius 1 is 1.56 bits per heavy atom. The smallest absolute Gasteiger partial charge is 0.250 e. The minimum Gasteiger partial charge on any atom is -0.396 e. The van der Waals surface area contributed by atoms with Gasteiger partial charge >= 0.3 is 0 Å². The van der Waals surface area contributed by atoms with E-state index in [-0.39, 0.29) is 6.04 Å². The van der Waals surface area contributed by atoms with Gasteiger partial charge in [0, 0.05) is 18.6 Å². The minimum atomic E-state index is -0.506. The van der Waals surface area contributed by atoms with Gasteiger partial charge < -0.3 is 21.5 Å². The Morgan fingerprint density at radius 3 is 2.94 bits per heavy atom. The molecule has 98 valence electrons. The second-order valence-corrected chi connectivity index (χ2v) is 4.69. The maximum absolute atomic E-state index is 11.2. The number of carbonyl (C=O) groups excluding carboxylic acids is 1. The molecule has 1 aromatic carbocycles. The van der Waals surface area contributed by atoms with Crippen LogP contribution < -0.4 is 16.8 Å². The molecule has 1 aliphatic rings. The molecule has 1 fully saturated rings. The Hall–Kier alpha value is -1.75. The summed E-state index contributed by atoms with van der Waals surface area (Å²) in [4.78, 5) is 11.2. The zero-order chi connectivity index (χ0) is 13.1. The maximum atomic E-state index is 11.2. The van der Waals surface area contributed by atoms with Gasteiger partial charge in [0.05, 0.1) is 23.5 Å². The summed E-state index contributed by atoms with van der Waals surface area (Å²) < 4.78 is 5.36. The number of primary amides is 1. The largest absolute Gasteiger partial charge is 0.396 e. The van der Waals surface area contributed by atoms with Gasteiger partial charge in [-0.15, -0.1) is 0 Å². The molecule has 0 radical (unpaired) electrons. The molecule has 1 heterocycles. The fraction of sp³-hybridized carbons (Fsp3) is 0.462. The number of hydrogen-bond donors (Lipinski definition) is 3. The summed E-state index contributed by atoms with van der Waals surface area (Å²) in [5, 5.41) is 3.33. The van der Waals surface area contributed by atoms with Crippen molar-refractivity contribution in [1.29, 1.82) is 0 Å². The maximum Gasteiger partial charge on any atom is 0.250 e. The van der Waals surface area contributed by atoms with Crippen LogP contribution in [0.3, 0.4) is 0 Å². The van der Waals surface area contributed by atoms with Crippen LogP contribution in [0.4, 0.5) is 11.4 Å². The second kappa shape index (κ2) is 5.27. The van der Waals surface area contributed by atoms with Gasteiger partial charge in [0.2, 0.25) is 0 Å². The first-order chi connectivity index (χ1) is 8.59. The van der Waals surface area contributed by atoms with Crippen molar-refractivity contribution >= 4 is 17.3 Å². The lowest BCUT2D eigenvalue weighted by Gasteiger charge is -2.22. The molecule has 0 bridgehead atoms. The Morgan fingerprint density at radius 2 is 2.33 bits per heavy atom.